The SMILES string of the molecule is CCC[CH2][In]([CH2]CCC)[O]/C(=C\C(=O)OC)c1ccc(OC)cc1. The fourth-order valence-corrected chi connectivity index (χ4v) is 10.4. The van der Waals surface area contributed by atoms with Crippen LogP contribution in [0.1, 0.15) is 45.1 Å². The third kappa shape index (κ3) is 7.65. The Hall–Kier alpha value is -1.10. The van der Waals surface area contributed by atoms with Crippen molar-refractivity contribution in [2.45, 2.75) is 47.9 Å². The second-order valence-corrected chi connectivity index (χ2v) is 13.3. The van der Waals surface area contributed by atoms with Crippen LogP contribution in [0.3, 0.4) is 0 Å². The number of esters is 1. The van der Waals surface area contributed by atoms with E-state index in [1.165, 1.54) is 47.2 Å². The van der Waals surface area contributed by atoms with Crippen LogP contribution in [-0.4, -0.2) is 42.1 Å². The predicted molar refractivity (Wildman–Crippen MR) is 99.3 cm³/mol. The number of carbonyl (C=O) groups excluding carboxylic acids is 1. The van der Waals surface area contributed by atoms with Gasteiger partial charge < -0.3 is 0 Å². The molecule has 132 valence electrons. The molecule has 0 atom stereocenters. The standard InChI is InChI=1S/C11H12O4.2C4H9.In/c1-14-9-5-3-8(4-6-9)10(12)7-11(13)15-2;2*1-3-4-2;/h3-7,12H,1-2H3;2*1,3-4H2,2H3;/q;;;+1/p-1/b10-7-;;;. The van der Waals surface area contributed by atoms with Gasteiger partial charge in [0.1, 0.15) is 0 Å². The number of hydrogen-bond acceptors (Lipinski definition) is 4. The first-order valence-electron chi connectivity index (χ1n) is 8.75. The average molecular weight is 436 g/mol. The van der Waals surface area contributed by atoms with E-state index in [0.717, 1.165) is 11.3 Å². The van der Waals surface area contributed by atoms with Crippen LogP contribution in [0.15, 0.2) is 30.3 Å². The van der Waals surface area contributed by atoms with E-state index in [0.29, 0.717) is 5.76 Å². The summed E-state index contributed by atoms with van der Waals surface area (Å²) in [6.45, 7) is 4.41. The molecule has 0 bridgehead atoms. The van der Waals surface area contributed by atoms with Crippen LogP contribution < -0.4 is 4.74 Å². The third-order valence-corrected chi connectivity index (χ3v) is 11.6. The molecular weight excluding hydrogens is 407 g/mol. The predicted octanol–water partition coefficient (Wildman–Crippen LogP) is 4.82. The monoisotopic (exact) mass is 436 g/mol. The van der Waals surface area contributed by atoms with Crippen LogP contribution in [0, 0.1) is 0 Å². The van der Waals surface area contributed by atoms with Crippen molar-refractivity contribution in [2.75, 3.05) is 14.2 Å². The van der Waals surface area contributed by atoms with E-state index in [1.54, 1.807) is 7.11 Å². The summed E-state index contributed by atoms with van der Waals surface area (Å²) >= 11 is -2.17. The van der Waals surface area contributed by atoms with E-state index in [4.69, 9.17) is 12.3 Å². The first kappa shape index (κ1) is 20.9. The topological polar surface area (TPSA) is 44.8 Å². The average Bonchev–Trinajstić information content (AvgIpc) is 2.62. The molecule has 0 saturated carbocycles. The van der Waals surface area contributed by atoms with Crippen molar-refractivity contribution in [3.63, 3.8) is 0 Å². The summed E-state index contributed by atoms with van der Waals surface area (Å²) in [6.07, 6.45) is 6.25. The number of benzene rings is 1. The summed E-state index contributed by atoms with van der Waals surface area (Å²) in [6, 6.07) is 7.62. The van der Waals surface area contributed by atoms with Crippen LogP contribution in [0.2, 0.25) is 8.35 Å². The molecule has 0 aromatic heterocycles. The van der Waals surface area contributed by atoms with Gasteiger partial charge in [-0.25, -0.2) is 0 Å². The molecule has 0 spiro atoms. The van der Waals surface area contributed by atoms with Gasteiger partial charge in [0.05, 0.1) is 0 Å². The van der Waals surface area contributed by atoms with Gasteiger partial charge in [0.15, 0.2) is 0 Å². The number of carbonyl (C=O) groups is 1. The Morgan fingerprint density at radius 1 is 1.04 bits per heavy atom. The Bertz CT molecular complexity index is 503. The maximum absolute atomic E-state index is 11.7. The summed E-state index contributed by atoms with van der Waals surface area (Å²) in [7, 11) is 3.03. The summed E-state index contributed by atoms with van der Waals surface area (Å²) in [5.74, 6) is 1.06. The fourth-order valence-electron chi connectivity index (χ4n) is 2.41. The molecule has 4 nitrogen and oxygen atoms in total. The Labute approximate surface area is 154 Å². The first-order valence-corrected chi connectivity index (χ1v) is 14.8. The number of methoxy groups -OCH3 is 2. The van der Waals surface area contributed by atoms with Gasteiger partial charge in [0, 0.05) is 0 Å². The molecule has 0 aliphatic heterocycles. The van der Waals surface area contributed by atoms with Crippen LogP contribution in [0.25, 0.3) is 5.76 Å². The molecule has 0 fully saturated rings. The normalized spacial score (nSPS) is 11.1. The summed E-state index contributed by atoms with van der Waals surface area (Å²) in [4.78, 5) is 11.7. The summed E-state index contributed by atoms with van der Waals surface area (Å²) in [5, 5.41) is 0. The van der Waals surface area contributed by atoms with E-state index in [2.05, 4.69) is 13.8 Å². The zero-order valence-electron chi connectivity index (χ0n) is 15.3. The molecule has 5 heteroatoms. The number of hydrogen-bond donors (Lipinski definition) is 0. The Kier molecular flexibility index (Phi) is 10.7. The zero-order valence-corrected chi connectivity index (χ0v) is 18.6. The minimum atomic E-state index is -2.17. The molecule has 0 amide bonds. The summed E-state index contributed by atoms with van der Waals surface area (Å²) < 4.78 is 18.8. The fraction of sp³-hybridized carbons (Fsp3) is 0.526. The van der Waals surface area contributed by atoms with E-state index >= 15 is 0 Å². The van der Waals surface area contributed by atoms with Crippen LogP contribution in [0.4, 0.5) is 0 Å². The number of rotatable bonds is 11. The Morgan fingerprint density at radius 3 is 2.08 bits per heavy atom. The van der Waals surface area contributed by atoms with E-state index in [1.807, 2.05) is 24.3 Å². The van der Waals surface area contributed by atoms with Crippen LogP contribution >= 0.6 is 0 Å². The molecule has 0 radical (unpaired) electrons. The Balaban J connectivity index is 2.97. The molecule has 0 saturated heterocycles. The molecule has 0 unspecified atom stereocenters. The molecule has 0 N–H and O–H groups in total. The van der Waals surface area contributed by atoms with E-state index in [-0.39, 0.29) is 5.97 Å². The van der Waals surface area contributed by atoms with Crippen molar-refractivity contribution in [1.82, 2.24) is 0 Å². The zero-order chi connectivity index (χ0) is 17.8. The van der Waals surface area contributed by atoms with Crippen molar-refractivity contribution < 1.29 is 17.1 Å². The maximum atomic E-state index is 11.7. The van der Waals surface area contributed by atoms with Crippen molar-refractivity contribution in [3.05, 3.63) is 35.9 Å². The molecule has 24 heavy (non-hydrogen) atoms. The van der Waals surface area contributed by atoms with Gasteiger partial charge in [0.25, 0.3) is 0 Å². The Morgan fingerprint density at radius 2 is 1.62 bits per heavy atom. The molecule has 0 aliphatic carbocycles. The van der Waals surface area contributed by atoms with Gasteiger partial charge in [-0.05, 0) is 0 Å². The summed E-state index contributed by atoms with van der Waals surface area (Å²) in [5.41, 5.74) is 0.899. The van der Waals surface area contributed by atoms with E-state index in [9.17, 15) is 4.79 Å². The van der Waals surface area contributed by atoms with Crippen molar-refractivity contribution >= 4 is 33.6 Å². The van der Waals surface area contributed by atoms with Gasteiger partial charge in [-0.1, -0.05) is 0 Å². The van der Waals surface area contributed by atoms with Crippen LogP contribution in [-0.2, 0) is 12.4 Å². The van der Waals surface area contributed by atoms with Gasteiger partial charge in [0.2, 0.25) is 0 Å². The molecule has 0 aliphatic rings. The molecular formula is C19H29InO4. The first-order chi connectivity index (χ1) is 11.6. The van der Waals surface area contributed by atoms with Gasteiger partial charge in [-0.2, -0.15) is 0 Å². The van der Waals surface area contributed by atoms with E-state index < -0.39 is 21.9 Å². The van der Waals surface area contributed by atoms with Crippen LogP contribution in [0.5, 0.6) is 5.75 Å². The van der Waals surface area contributed by atoms with Gasteiger partial charge in [-0.15, -0.1) is 0 Å². The minimum absolute atomic E-state index is 0.378. The third-order valence-electron chi connectivity index (χ3n) is 3.88. The molecule has 1 rings (SSSR count). The second-order valence-electron chi connectivity index (χ2n) is 5.78. The number of ether oxygens (including phenoxy) is 2. The van der Waals surface area contributed by atoms with Crippen molar-refractivity contribution in [1.29, 1.82) is 0 Å². The van der Waals surface area contributed by atoms with Crippen molar-refractivity contribution in [3.8, 4) is 5.75 Å². The molecule has 0 heterocycles. The number of unbranched alkanes of at least 4 members (excludes halogenated alkanes) is 2. The van der Waals surface area contributed by atoms with Gasteiger partial charge >= 0.3 is 154 Å². The molecule has 1 aromatic rings. The van der Waals surface area contributed by atoms with Crippen molar-refractivity contribution in [2.24, 2.45) is 0 Å². The molecule has 1 aromatic carbocycles. The second kappa shape index (κ2) is 12.3. The quantitative estimate of drug-likeness (QED) is 0.284. The van der Waals surface area contributed by atoms with Gasteiger partial charge in [-0.3, -0.25) is 0 Å².